The summed E-state index contributed by atoms with van der Waals surface area (Å²) in [6.07, 6.45) is -2.62. The van der Waals surface area contributed by atoms with Crippen molar-refractivity contribution in [1.82, 2.24) is 20.0 Å². The predicted octanol–water partition coefficient (Wildman–Crippen LogP) is 13.5. The molecule has 2 aliphatic carbocycles. The van der Waals surface area contributed by atoms with Crippen molar-refractivity contribution >= 4 is 61.1 Å². The molecule has 6 aromatic carbocycles. The summed E-state index contributed by atoms with van der Waals surface area (Å²) in [6, 6.07) is 33.4. The number of alkyl halides is 8. The fourth-order valence-corrected chi connectivity index (χ4v) is 10.8. The van der Waals surface area contributed by atoms with Crippen LogP contribution in [0.2, 0.25) is 0 Å². The van der Waals surface area contributed by atoms with Gasteiger partial charge in [0.2, 0.25) is 0 Å². The highest BCUT2D eigenvalue weighted by atomic mass is 79.9. The van der Waals surface area contributed by atoms with Crippen LogP contribution in [0.5, 0.6) is 0 Å². The minimum Gasteiger partial charge on any atom is -0.348 e. The van der Waals surface area contributed by atoms with Gasteiger partial charge >= 0.3 is 6.18 Å². The van der Waals surface area contributed by atoms with Gasteiger partial charge in [-0.05, 0) is 135 Å². The highest BCUT2D eigenvalue weighted by Gasteiger charge is 2.64. The first kappa shape index (κ1) is 51.2. The van der Waals surface area contributed by atoms with Crippen LogP contribution in [-0.4, -0.2) is 94.4 Å². The third kappa shape index (κ3) is 10.5. The summed E-state index contributed by atoms with van der Waals surface area (Å²) in [6.45, 7) is 2.83. The van der Waals surface area contributed by atoms with Crippen molar-refractivity contribution in [2.45, 2.75) is 89.4 Å². The zero-order valence-corrected chi connectivity index (χ0v) is 42.3. The van der Waals surface area contributed by atoms with E-state index in [9.17, 15) is 49.9 Å². The predicted molar refractivity (Wildman–Crippen MR) is 274 cm³/mol. The quantitative estimate of drug-likeness (QED) is 0.127. The van der Waals surface area contributed by atoms with Gasteiger partial charge in [0.1, 0.15) is 0 Å². The molecule has 0 unspecified atom stereocenters. The van der Waals surface area contributed by atoms with Gasteiger partial charge in [0.25, 0.3) is 35.5 Å². The highest BCUT2D eigenvalue weighted by Crippen LogP contribution is 2.58. The minimum absolute atomic E-state index is 0.0128. The van der Waals surface area contributed by atoms with Crippen molar-refractivity contribution in [2.75, 3.05) is 38.1 Å². The third-order valence-corrected chi connectivity index (χ3v) is 16.9. The van der Waals surface area contributed by atoms with Gasteiger partial charge in [0, 0.05) is 99.1 Å². The average molecular weight is 1080 g/mol. The number of benzene rings is 6. The summed E-state index contributed by atoms with van der Waals surface area (Å²) in [4.78, 5) is 54.7. The molecule has 16 heteroatoms. The maximum absolute atomic E-state index is 13.5. The van der Waals surface area contributed by atoms with E-state index in [0.717, 1.165) is 49.4 Å². The maximum atomic E-state index is 13.5. The lowest BCUT2D eigenvalue weighted by Gasteiger charge is -2.31. The number of piperidine rings is 2. The summed E-state index contributed by atoms with van der Waals surface area (Å²) >= 11 is 3.43. The topological polar surface area (TPSA) is 90.0 Å². The second-order valence-corrected chi connectivity index (χ2v) is 21.7. The Kier molecular flexibility index (Phi) is 13.5. The van der Waals surface area contributed by atoms with Crippen LogP contribution in [0.25, 0.3) is 43.8 Å². The smallest absolute Gasteiger partial charge is 0.348 e. The number of hydrogen-bond donors (Lipinski definition) is 1. The van der Waals surface area contributed by atoms with Gasteiger partial charge in [-0.25, -0.2) is 17.6 Å². The van der Waals surface area contributed by atoms with Crippen molar-refractivity contribution < 1.29 is 49.9 Å². The van der Waals surface area contributed by atoms with Crippen molar-refractivity contribution in [3.05, 3.63) is 143 Å². The lowest BCUT2D eigenvalue weighted by molar-refractivity contribution is -0.190. The molecule has 0 spiro atoms. The van der Waals surface area contributed by atoms with Crippen LogP contribution in [0.15, 0.2) is 109 Å². The molecule has 2 saturated carbocycles. The van der Waals surface area contributed by atoms with E-state index in [4.69, 9.17) is 0 Å². The molecule has 12 rings (SSSR count). The summed E-state index contributed by atoms with van der Waals surface area (Å²) in [5, 5.41) is 7.60. The number of carbonyl (C=O) groups is 4. The number of amides is 4. The monoisotopic (exact) mass is 1080 g/mol. The Labute approximate surface area is 432 Å². The number of nitrogens with one attached hydrogen (secondary N) is 1. The van der Waals surface area contributed by atoms with Gasteiger partial charge in [0.05, 0.1) is 5.41 Å². The first-order valence-corrected chi connectivity index (χ1v) is 26.1. The van der Waals surface area contributed by atoms with E-state index < -0.39 is 23.4 Å². The zero-order valence-electron chi connectivity index (χ0n) is 40.7. The molecule has 0 radical (unpaired) electrons. The second kappa shape index (κ2) is 19.4. The molecule has 2 saturated heterocycles. The van der Waals surface area contributed by atoms with E-state index in [2.05, 4.69) is 28.2 Å². The van der Waals surface area contributed by atoms with Gasteiger partial charge in [-0.3, -0.25) is 19.2 Å². The standard InChI is InChI=1S/C29H25F5N2O2.C24H20F2N2O2.C5H9Br/c30-28(31)10-12-35(13-11-28)25(37)20-5-6-23-18(14-20)2-1-3-22(23)19-4-7-24-21(15-19)16-36(26(24)38)17-27(8-9-27)29(32,33)34;25-24(26)8-10-28(11-9-24)23(30)17-5-6-20-15(12-17)2-1-3-19(20)16-4-7-21-18(13-16)14-27-22(21)29;1-5(4-6)2-3-5/h1-7,14-15H,8-13,16-17H2;1-7,12-13H,8-11,14H2,(H,27,29);2-4H2,1H3. The molecule has 0 atom stereocenters. The Hall–Kier alpha value is -6.29. The van der Waals surface area contributed by atoms with Crippen LogP contribution in [-0.2, 0) is 13.1 Å². The minimum atomic E-state index is -4.32. The molecule has 4 heterocycles. The van der Waals surface area contributed by atoms with Crippen molar-refractivity contribution in [3.63, 3.8) is 0 Å². The first-order valence-electron chi connectivity index (χ1n) is 25.0. The van der Waals surface area contributed by atoms with Crippen molar-refractivity contribution in [2.24, 2.45) is 10.8 Å². The molecule has 4 aliphatic heterocycles. The van der Waals surface area contributed by atoms with E-state index in [1.807, 2.05) is 78.9 Å². The van der Waals surface area contributed by atoms with Crippen LogP contribution >= 0.6 is 15.9 Å². The van der Waals surface area contributed by atoms with Gasteiger partial charge in [0.15, 0.2) is 0 Å². The van der Waals surface area contributed by atoms with E-state index >= 15 is 0 Å². The zero-order chi connectivity index (χ0) is 52.4. The number of carbonyl (C=O) groups excluding carboxylic acids is 4. The Morgan fingerprint density at radius 2 is 1.08 bits per heavy atom. The largest absolute Gasteiger partial charge is 0.396 e. The number of halogens is 8. The van der Waals surface area contributed by atoms with Crippen LogP contribution in [0, 0.1) is 10.8 Å². The number of fused-ring (bicyclic) bond motifs is 4. The lowest BCUT2D eigenvalue weighted by Crippen LogP contribution is -2.42. The van der Waals surface area contributed by atoms with Crippen LogP contribution in [0.3, 0.4) is 0 Å². The normalized spacial score (nSPS) is 19.7. The van der Waals surface area contributed by atoms with Gasteiger partial charge in [-0.2, -0.15) is 13.2 Å². The number of hydrogen-bond acceptors (Lipinski definition) is 4. The molecule has 1 N–H and O–H groups in total. The molecule has 386 valence electrons. The summed E-state index contributed by atoms with van der Waals surface area (Å²) in [5.74, 6) is -6.32. The Morgan fingerprint density at radius 3 is 1.53 bits per heavy atom. The fraction of sp³-hybridized carbons (Fsp3) is 0.379. The molecule has 8 nitrogen and oxygen atoms in total. The van der Waals surface area contributed by atoms with E-state index in [0.29, 0.717) is 39.8 Å². The fourth-order valence-electron chi connectivity index (χ4n) is 10.2. The number of likely N-dealkylation sites (tertiary alicyclic amines) is 2. The Bertz CT molecular complexity index is 3200. The molecule has 6 aliphatic rings. The molecular weight excluding hydrogens is 1030 g/mol. The molecule has 0 bridgehead atoms. The average Bonchev–Trinajstić information content (AvgIpc) is 4.29. The second-order valence-electron chi connectivity index (χ2n) is 21.1. The molecular formula is C58H54BrF7N4O4. The van der Waals surface area contributed by atoms with E-state index in [1.165, 1.54) is 32.9 Å². The van der Waals surface area contributed by atoms with Crippen molar-refractivity contribution in [1.29, 1.82) is 0 Å². The summed E-state index contributed by atoms with van der Waals surface area (Å²) in [5.41, 5.74) is 6.36. The van der Waals surface area contributed by atoms with Crippen LogP contribution < -0.4 is 5.32 Å². The molecule has 4 amide bonds. The first-order chi connectivity index (χ1) is 35.1. The van der Waals surface area contributed by atoms with Gasteiger partial charge in [-0.15, -0.1) is 0 Å². The lowest BCUT2D eigenvalue weighted by atomic mass is 9.94. The highest BCUT2D eigenvalue weighted by molar-refractivity contribution is 9.09. The van der Waals surface area contributed by atoms with Crippen molar-refractivity contribution in [3.8, 4) is 22.3 Å². The molecule has 6 aromatic rings. The van der Waals surface area contributed by atoms with E-state index in [1.54, 1.807) is 30.3 Å². The maximum Gasteiger partial charge on any atom is 0.396 e. The van der Waals surface area contributed by atoms with Crippen LogP contribution in [0.1, 0.15) is 111 Å². The Morgan fingerprint density at radius 1 is 0.595 bits per heavy atom. The van der Waals surface area contributed by atoms with E-state index in [-0.39, 0.29) is 101 Å². The van der Waals surface area contributed by atoms with Gasteiger partial charge in [-0.1, -0.05) is 83.5 Å². The Balaban J connectivity index is 0.000000155. The number of nitrogens with zero attached hydrogens (tertiary/aromatic N) is 3. The molecule has 74 heavy (non-hydrogen) atoms. The third-order valence-electron chi connectivity index (χ3n) is 15.6. The molecule has 4 fully saturated rings. The summed E-state index contributed by atoms with van der Waals surface area (Å²) < 4.78 is 94.2. The summed E-state index contributed by atoms with van der Waals surface area (Å²) in [7, 11) is 0. The number of rotatable bonds is 7. The SMILES string of the molecule is CC1(CBr)CC1.O=C(c1ccc2c(-c3ccc4c(c3)CN(CC3(C(F)(F)F)CC3)C4=O)cccc2c1)N1CCC(F)(F)CC1.O=C1NCc2cc(-c3cccc4cc(C(=O)N5CCC(F)(F)CC5)ccc34)ccc21. The molecule has 0 aromatic heterocycles. The van der Waals surface area contributed by atoms with Gasteiger partial charge < -0.3 is 20.0 Å². The van der Waals surface area contributed by atoms with Crippen LogP contribution in [0.4, 0.5) is 30.7 Å².